The summed E-state index contributed by atoms with van der Waals surface area (Å²) < 4.78 is 2.21. The molecule has 0 unspecified atom stereocenters. The molecule has 28 heavy (non-hydrogen) atoms. The van der Waals surface area contributed by atoms with E-state index < -0.39 is 0 Å². The maximum atomic E-state index is 4.81. The number of guanidine groups is 1. The molecule has 0 saturated heterocycles. The van der Waals surface area contributed by atoms with Gasteiger partial charge >= 0.3 is 0 Å². The number of hydrogen-bond donors (Lipinski definition) is 1. The van der Waals surface area contributed by atoms with Crippen molar-refractivity contribution in [2.45, 2.75) is 45.6 Å². The van der Waals surface area contributed by atoms with E-state index in [1.54, 1.807) is 0 Å². The lowest BCUT2D eigenvalue weighted by Gasteiger charge is -2.22. The number of unbranched alkanes of at least 4 members (excludes halogenated alkanes) is 3. The Bertz CT molecular complexity index is 705. The molecule has 0 fully saturated rings. The van der Waals surface area contributed by atoms with Crippen molar-refractivity contribution < 1.29 is 0 Å². The summed E-state index contributed by atoms with van der Waals surface area (Å²) in [5.41, 5.74) is 1.29. The summed E-state index contributed by atoms with van der Waals surface area (Å²) >= 11 is 0. The highest BCUT2D eigenvalue weighted by molar-refractivity contribution is 5.79. The molecule has 152 valence electrons. The van der Waals surface area contributed by atoms with Gasteiger partial charge in [-0.05, 0) is 31.7 Å². The van der Waals surface area contributed by atoms with E-state index in [9.17, 15) is 0 Å². The SMILES string of the molecule is C=CCCCCCN(C)C(=NCCc1nccn1Cc1ccccc1)NCC. The Morgan fingerprint density at radius 1 is 1.25 bits per heavy atom. The first-order valence-corrected chi connectivity index (χ1v) is 10.4. The molecule has 0 aliphatic heterocycles. The lowest BCUT2D eigenvalue weighted by atomic mass is 10.2. The quantitative estimate of drug-likeness (QED) is 0.260. The van der Waals surface area contributed by atoms with Gasteiger partial charge in [0, 0.05) is 52.0 Å². The number of benzene rings is 1. The number of nitrogens with one attached hydrogen (secondary N) is 1. The van der Waals surface area contributed by atoms with Gasteiger partial charge in [0.2, 0.25) is 0 Å². The van der Waals surface area contributed by atoms with Crippen molar-refractivity contribution in [2.24, 2.45) is 4.99 Å². The van der Waals surface area contributed by atoms with Crippen LogP contribution in [0.4, 0.5) is 0 Å². The zero-order valence-electron chi connectivity index (χ0n) is 17.5. The Labute approximate surface area is 170 Å². The molecule has 0 saturated carbocycles. The van der Waals surface area contributed by atoms with Crippen LogP contribution in [0.2, 0.25) is 0 Å². The fourth-order valence-corrected chi connectivity index (χ4v) is 3.14. The first-order valence-electron chi connectivity index (χ1n) is 10.4. The number of nitrogens with zero attached hydrogens (tertiary/aromatic N) is 4. The minimum Gasteiger partial charge on any atom is -0.357 e. The topological polar surface area (TPSA) is 45.5 Å². The average molecular weight is 382 g/mol. The molecule has 0 bridgehead atoms. The summed E-state index contributed by atoms with van der Waals surface area (Å²) in [5.74, 6) is 2.06. The molecule has 2 aromatic rings. The van der Waals surface area contributed by atoms with Gasteiger partial charge in [0.15, 0.2) is 5.96 Å². The zero-order valence-corrected chi connectivity index (χ0v) is 17.5. The number of imidazole rings is 1. The molecule has 1 aromatic heterocycles. The summed E-state index contributed by atoms with van der Waals surface area (Å²) in [4.78, 5) is 11.6. The first kappa shape index (κ1) is 21.7. The van der Waals surface area contributed by atoms with Crippen molar-refractivity contribution in [3.8, 4) is 0 Å². The van der Waals surface area contributed by atoms with Crippen LogP contribution in [-0.2, 0) is 13.0 Å². The first-order chi connectivity index (χ1) is 13.7. The van der Waals surface area contributed by atoms with Crippen LogP contribution < -0.4 is 5.32 Å². The Kier molecular flexibility index (Phi) is 9.91. The van der Waals surface area contributed by atoms with Gasteiger partial charge < -0.3 is 14.8 Å². The van der Waals surface area contributed by atoms with Crippen LogP contribution in [0, 0.1) is 0 Å². The zero-order chi connectivity index (χ0) is 20.0. The molecule has 0 aliphatic rings. The summed E-state index contributed by atoms with van der Waals surface area (Å²) in [6, 6.07) is 10.5. The average Bonchev–Trinajstić information content (AvgIpc) is 3.14. The minimum absolute atomic E-state index is 0.731. The monoisotopic (exact) mass is 381 g/mol. The molecule has 0 spiro atoms. The van der Waals surface area contributed by atoms with Gasteiger partial charge in [0.1, 0.15) is 5.82 Å². The molecule has 1 aromatic carbocycles. The lowest BCUT2D eigenvalue weighted by Crippen LogP contribution is -2.39. The predicted molar refractivity (Wildman–Crippen MR) is 119 cm³/mol. The third-order valence-corrected chi connectivity index (χ3v) is 4.69. The number of hydrogen-bond acceptors (Lipinski definition) is 2. The molecule has 0 amide bonds. The van der Waals surface area contributed by atoms with E-state index in [1.807, 2.05) is 24.5 Å². The Hall–Kier alpha value is -2.56. The number of rotatable bonds is 12. The van der Waals surface area contributed by atoms with Gasteiger partial charge in [-0.2, -0.15) is 0 Å². The van der Waals surface area contributed by atoms with Gasteiger partial charge in [-0.15, -0.1) is 6.58 Å². The Morgan fingerprint density at radius 2 is 2.07 bits per heavy atom. The van der Waals surface area contributed by atoms with Crippen molar-refractivity contribution in [1.82, 2.24) is 19.8 Å². The van der Waals surface area contributed by atoms with E-state index >= 15 is 0 Å². The van der Waals surface area contributed by atoms with E-state index in [-0.39, 0.29) is 0 Å². The van der Waals surface area contributed by atoms with Crippen LogP contribution >= 0.6 is 0 Å². The van der Waals surface area contributed by atoms with E-state index in [4.69, 9.17) is 4.99 Å². The van der Waals surface area contributed by atoms with Crippen LogP contribution in [-0.4, -0.2) is 47.1 Å². The molecule has 0 atom stereocenters. The van der Waals surface area contributed by atoms with E-state index in [1.165, 1.54) is 24.8 Å². The highest BCUT2D eigenvalue weighted by Crippen LogP contribution is 2.07. The fourth-order valence-electron chi connectivity index (χ4n) is 3.14. The second-order valence-electron chi connectivity index (χ2n) is 7.00. The molecule has 1 N–H and O–H groups in total. The molecular formula is C23H35N5. The van der Waals surface area contributed by atoms with Crippen molar-refractivity contribution >= 4 is 5.96 Å². The Morgan fingerprint density at radius 3 is 2.82 bits per heavy atom. The van der Waals surface area contributed by atoms with Crippen molar-refractivity contribution in [3.05, 3.63) is 66.8 Å². The van der Waals surface area contributed by atoms with E-state index in [0.717, 1.165) is 50.8 Å². The van der Waals surface area contributed by atoms with Gasteiger partial charge in [-0.25, -0.2) is 4.98 Å². The van der Waals surface area contributed by atoms with Crippen LogP contribution in [0.15, 0.2) is 60.4 Å². The lowest BCUT2D eigenvalue weighted by molar-refractivity contribution is 0.455. The Balaban J connectivity index is 1.86. The normalized spacial score (nSPS) is 11.4. The van der Waals surface area contributed by atoms with Crippen LogP contribution in [0.3, 0.4) is 0 Å². The summed E-state index contributed by atoms with van der Waals surface area (Å²) in [6.45, 7) is 9.37. The molecule has 2 rings (SSSR count). The molecule has 5 nitrogen and oxygen atoms in total. The standard InChI is InChI=1S/C23H35N5/c1-4-6-7-8-12-18-27(3)23(24-5-2)26-16-15-22-25-17-19-28(22)20-21-13-10-9-11-14-21/h4,9-11,13-14,17,19H,1,5-8,12,15-16,18,20H2,2-3H3,(H,24,26). The second-order valence-corrected chi connectivity index (χ2v) is 7.00. The fraction of sp³-hybridized carbons (Fsp3) is 0.478. The van der Waals surface area contributed by atoms with Gasteiger partial charge in [0.05, 0.1) is 0 Å². The van der Waals surface area contributed by atoms with Crippen LogP contribution in [0.5, 0.6) is 0 Å². The molecule has 0 radical (unpaired) electrons. The van der Waals surface area contributed by atoms with E-state index in [2.05, 4.69) is 64.6 Å². The van der Waals surface area contributed by atoms with Gasteiger partial charge in [-0.3, -0.25) is 4.99 Å². The third kappa shape index (κ3) is 7.59. The smallest absolute Gasteiger partial charge is 0.193 e. The predicted octanol–water partition coefficient (Wildman–Crippen LogP) is 4.12. The maximum absolute atomic E-state index is 4.81. The van der Waals surface area contributed by atoms with Crippen molar-refractivity contribution in [1.29, 1.82) is 0 Å². The van der Waals surface area contributed by atoms with E-state index in [0.29, 0.717) is 0 Å². The van der Waals surface area contributed by atoms with Crippen LogP contribution in [0.25, 0.3) is 0 Å². The number of allylic oxidation sites excluding steroid dienone is 1. The summed E-state index contributed by atoms with van der Waals surface area (Å²) in [5, 5.41) is 3.40. The second kappa shape index (κ2) is 12.8. The molecular weight excluding hydrogens is 346 g/mol. The maximum Gasteiger partial charge on any atom is 0.193 e. The highest BCUT2D eigenvalue weighted by atomic mass is 15.3. The molecule has 0 aliphatic carbocycles. The van der Waals surface area contributed by atoms with Crippen LogP contribution in [0.1, 0.15) is 44.0 Å². The van der Waals surface area contributed by atoms with Gasteiger partial charge in [-0.1, -0.05) is 42.8 Å². The highest BCUT2D eigenvalue weighted by Gasteiger charge is 2.07. The van der Waals surface area contributed by atoms with Crippen molar-refractivity contribution in [3.63, 3.8) is 0 Å². The summed E-state index contributed by atoms with van der Waals surface area (Å²) in [7, 11) is 2.12. The third-order valence-electron chi connectivity index (χ3n) is 4.69. The largest absolute Gasteiger partial charge is 0.357 e. The number of aliphatic imine (C=N–C) groups is 1. The molecule has 1 heterocycles. The van der Waals surface area contributed by atoms with Crippen molar-refractivity contribution in [2.75, 3.05) is 26.7 Å². The molecule has 5 heteroatoms. The minimum atomic E-state index is 0.731. The van der Waals surface area contributed by atoms with Gasteiger partial charge in [0.25, 0.3) is 0 Å². The summed E-state index contributed by atoms with van der Waals surface area (Å²) in [6.07, 6.45) is 11.5. The number of aromatic nitrogens is 2.